The van der Waals surface area contributed by atoms with Crippen molar-refractivity contribution in [3.63, 3.8) is 0 Å². The second kappa shape index (κ2) is 3.63. The van der Waals surface area contributed by atoms with Crippen molar-refractivity contribution in [2.24, 2.45) is 0 Å². The number of halogens is 1. The lowest BCUT2D eigenvalue weighted by molar-refractivity contribution is 0.628. The van der Waals surface area contributed by atoms with Gasteiger partial charge >= 0.3 is 0 Å². The Morgan fingerprint density at radius 2 is 2.25 bits per heavy atom. The molecule has 1 saturated carbocycles. The first-order valence-electron chi connectivity index (χ1n) is 5.38. The first-order chi connectivity index (χ1) is 7.83. The molecule has 1 N–H and O–H groups in total. The molecular weight excluding hydrogens is 205 g/mol. The van der Waals surface area contributed by atoms with Crippen molar-refractivity contribution in [2.75, 3.05) is 5.32 Å². The summed E-state index contributed by atoms with van der Waals surface area (Å²) in [7, 11) is 0. The fourth-order valence-electron chi connectivity index (χ4n) is 1.75. The topological polar surface area (TPSA) is 29.9 Å². The molecule has 4 heteroatoms. The maximum Gasteiger partial charge on any atom is 0.207 e. The molecule has 3 nitrogen and oxygen atoms in total. The summed E-state index contributed by atoms with van der Waals surface area (Å²) in [5.41, 5.74) is 0.730. The highest BCUT2D eigenvalue weighted by Gasteiger charge is 2.25. The molecular formula is C12H12FN3. The van der Waals surface area contributed by atoms with Crippen molar-refractivity contribution in [3.05, 3.63) is 42.5 Å². The lowest BCUT2D eigenvalue weighted by atomic mass is 10.3. The van der Waals surface area contributed by atoms with Crippen LogP contribution in [0.1, 0.15) is 18.9 Å². The Morgan fingerprint density at radius 3 is 3.00 bits per heavy atom. The van der Waals surface area contributed by atoms with E-state index in [4.69, 9.17) is 0 Å². The van der Waals surface area contributed by atoms with Gasteiger partial charge < -0.3 is 9.88 Å². The van der Waals surface area contributed by atoms with Gasteiger partial charge in [-0.25, -0.2) is 9.37 Å². The zero-order valence-electron chi connectivity index (χ0n) is 8.73. The molecule has 1 heterocycles. The van der Waals surface area contributed by atoms with Gasteiger partial charge in [-0.05, 0) is 31.0 Å². The molecule has 0 saturated heterocycles. The SMILES string of the molecule is Fc1cccc(Nc2nccn2C2CC2)c1. The van der Waals surface area contributed by atoms with Crippen LogP contribution in [0.5, 0.6) is 0 Å². The fourth-order valence-corrected chi connectivity index (χ4v) is 1.75. The van der Waals surface area contributed by atoms with Gasteiger partial charge in [-0.2, -0.15) is 0 Å². The molecule has 16 heavy (non-hydrogen) atoms. The summed E-state index contributed by atoms with van der Waals surface area (Å²) in [5.74, 6) is 0.544. The zero-order valence-corrected chi connectivity index (χ0v) is 8.73. The Kier molecular flexibility index (Phi) is 2.13. The fraction of sp³-hybridized carbons (Fsp3) is 0.250. The van der Waals surface area contributed by atoms with E-state index in [0.29, 0.717) is 6.04 Å². The average molecular weight is 217 g/mol. The lowest BCUT2D eigenvalue weighted by Gasteiger charge is -2.08. The summed E-state index contributed by atoms with van der Waals surface area (Å²) < 4.78 is 15.1. The molecule has 0 bridgehead atoms. The van der Waals surface area contributed by atoms with Crippen molar-refractivity contribution < 1.29 is 4.39 Å². The summed E-state index contributed by atoms with van der Waals surface area (Å²) in [5, 5.41) is 3.13. The minimum absolute atomic E-state index is 0.241. The smallest absolute Gasteiger partial charge is 0.207 e. The van der Waals surface area contributed by atoms with Crippen LogP contribution in [0.4, 0.5) is 16.0 Å². The van der Waals surface area contributed by atoms with Gasteiger partial charge in [-0.1, -0.05) is 6.07 Å². The molecule has 0 amide bonds. The van der Waals surface area contributed by atoms with Gasteiger partial charge in [0.1, 0.15) is 5.82 Å². The van der Waals surface area contributed by atoms with Crippen molar-refractivity contribution >= 4 is 11.6 Å². The first-order valence-corrected chi connectivity index (χ1v) is 5.38. The van der Waals surface area contributed by atoms with Gasteiger partial charge in [0.05, 0.1) is 0 Å². The molecule has 82 valence electrons. The van der Waals surface area contributed by atoms with Gasteiger partial charge in [0.15, 0.2) is 0 Å². The van der Waals surface area contributed by atoms with Crippen LogP contribution in [0.3, 0.4) is 0 Å². The van der Waals surface area contributed by atoms with Crippen molar-refractivity contribution in [1.29, 1.82) is 0 Å². The van der Waals surface area contributed by atoms with E-state index in [-0.39, 0.29) is 5.82 Å². The molecule has 2 aromatic rings. The maximum absolute atomic E-state index is 13.0. The highest BCUT2D eigenvalue weighted by atomic mass is 19.1. The van der Waals surface area contributed by atoms with Crippen LogP contribution in [0, 0.1) is 5.82 Å². The summed E-state index contributed by atoms with van der Waals surface area (Å²) in [6.07, 6.45) is 6.13. The molecule has 0 unspecified atom stereocenters. The van der Waals surface area contributed by atoms with E-state index < -0.39 is 0 Å². The molecule has 0 aliphatic heterocycles. The third kappa shape index (κ3) is 1.78. The molecule has 1 aromatic heterocycles. The Hall–Kier alpha value is -1.84. The van der Waals surface area contributed by atoms with Crippen LogP contribution >= 0.6 is 0 Å². The molecule has 1 aliphatic carbocycles. The second-order valence-corrected chi connectivity index (χ2v) is 4.02. The summed E-state index contributed by atoms with van der Waals surface area (Å²) in [4.78, 5) is 4.23. The highest BCUT2D eigenvalue weighted by Crippen LogP contribution is 2.37. The van der Waals surface area contributed by atoms with Crippen molar-refractivity contribution in [3.8, 4) is 0 Å². The Balaban J connectivity index is 1.85. The van der Waals surface area contributed by atoms with E-state index in [1.54, 1.807) is 12.3 Å². The number of rotatable bonds is 3. The minimum Gasteiger partial charge on any atom is -0.326 e. The van der Waals surface area contributed by atoms with Crippen LogP contribution < -0.4 is 5.32 Å². The third-order valence-corrected chi connectivity index (χ3v) is 2.69. The van der Waals surface area contributed by atoms with Crippen molar-refractivity contribution in [1.82, 2.24) is 9.55 Å². The first kappa shape index (κ1) is 9.39. The number of aromatic nitrogens is 2. The highest BCUT2D eigenvalue weighted by molar-refractivity contribution is 5.53. The maximum atomic E-state index is 13.0. The summed E-state index contributed by atoms with van der Waals surface area (Å²) >= 11 is 0. The summed E-state index contributed by atoms with van der Waals surface area (Å²) in [6.45, 7) is 0. The molecule has 0 radical (unpaired) electrons. The van der Waals surface area contributed by atoms with Crippen LogP contribution in [0.15, 0.2) is 36.7 Å². The quantitative estimate of drug-likeness (QED) is 0.856. The Labute approximate surface area is 92.9 Å². The predicted octanol–water partition coefficient (Wildman–Crippen LogP) is 3.10. The van der Waals surface area contributed by atoms with E-state index in [9.17, 15) is 4.39 Å². The summed E-state index contributed by atoms with van der Waals surface area (Å²) in [6, 6.07) is 6.97. The van der Waals surface area contributed by atoms with Crippen LogP contribution in [-0.2, 0) is 0 Å². The minimum atomic E-state index is -0.241. The number of nitrogens with one attached hydrogen (secondary N) is 1. The number of hydrogen-bond acceptors (Lipinski definition) is 2. The molecule has 1 aromatic carbocycles. The van der Waals surface area contributed by atoms with E-state index >= 15 is 0 Å². The van der Waals surface area contributed by atoms with Crippen molar-refractivity contribution in [2.45, 2.75) is 18.9 Å². The van der Waals surface area contributed by atoms with E-state index in [1.165, 1.54) is 25.0 Å². The van der Waals surface area contributed by atoms with E-state index in [1.807, 2.05) is 12.3 Å². The lowest BCUT2D eigenvalue weighted by Crippen LogP contribution is -2.01. The molecule has 0 atom stereocenters. The van der Waals surface area contributed by atoms with Crippen LogP contribution in [0.2, 0.25) is 0 Å². The number of imidazole rings is 1. The third-order valence-electron chi connectivity index (χ3n) is 2.69. The van der Waals surface area contributed by atoms with Gasteiger partial charge in [0.25, 0.3) is 0 Å². The Bertz CT molecular complexity index is 502. The largest absolute Gasteiger partial charge is 0.326 e. The van der Waals surface area contributed by atoms with Gasteiger partial charge in [-0.3, -0.25) is 0 Å². The van der Waals surface area contributed by atoms with Crippen LogP contribution in [-0.4, -0.2) is 9.55 Å². The van der Waals surface area contributed by atoms with Gasteiger partial charge in [-0.15, -0.1) is 0 Å². The normalized spacial score (nSPS) is 15.1. The zero-order chi connectivity index (χ0) is 11.0. The monoisotopic (exact) mass is 217 g/mol. The molecule has 1 aliphatic rings. The van der Waals surface area contributed by atoms with E-state index in [2.05, 4.69) is 14.9 Å². The Morgan fingerprint density at radius 1 is 1.38 bits per heavy atom. The van der Waals surface area contributed by atoms with Gasteiger partial charge in [0, 0.05) is 24.1 Å². The van der Waals surface area contributed by atoms with Crippen LogP contribution in [0.25, 0.3) is 0 Å². The van der Waals surface area contributed by atoms with Gasteiger partial charge in [0.2, 0.25) is 5.95 Å². The average Bonchev–Trinajstić information content (AvgIpc) is 3.00. The standard InChI is InChI=1S/C12H12FN3/c13-9-2-1-3-10(8-9)15-12-14-6-7-16(12)11-4-5-11/h1-3,6-8,11H,4-5H2,(H,14,15). The number of benzene rings is 1. The molecule has 3 rings (SSSR count). The second-order valence-electron chi connectivity index (χ2n) is 4.02. The number of anilines is 2. The molecule has 1 fully saturated rings. The number of hydrogen-bond donors (Lipinski definition) is 1. The predicted molar refractivity (Wildman–Crippen MR) is 60.2 cm³/mol. The van der Waals surface area contributed by atoms with E-state index in [0.717, 1.165) is 11.6 Å². The molecule has 0 spiro atoms. The number of nitrogens with zero attached hydrogens (tertiary/aromatic N) is 2.